The molecule has 1 aromatic heterocycles. The molecule has 0 radical (unpaired) electrons. The molecule has 4 nitrogen and oxygen atoms in total. The van der Waals surface area contributed by atoms with Gasteiger partial charge in [-0.15, -0.1) is 11.6 Å². The van der Waals surface area contributed by atoms with Crippen LogP contribution in [-0.2, 0) is 0 Å². The van der Waals surface area contributed by atoms with E-state index in [2.05, 4.69) is 37.5 Å². The Morgan fingerprint density at radius 3 is 3.12 bits per heavy atom. The van der Waals surface area contributed by atoms with Gasteiger partial charge in [0.15, 0.2) is 0 Å². The Hall–Kier alpha value is -0.300. The lowest BCUT2D eigenvalue weighted by Gasteiger charge is -2.30. The largest absolute Gasteiger partial charge is 0.351 e. The van der Waals surface area contributed by atoms with Crippen molar-refractivity contribution < 1.29 is 0 Å². The molecule has 0 bridgehead atoms. The van der Waals surface area contributed by atoms with Crippen LogP contribution in [0.3, 0.4) is 0 Å². The molecule has 0 saturated carbocycles. The van der Waals surface area contributed by atoms with E-state index in [1.165, 1.54) is 19.2 Å². The summed E-state index contributed by atoms with van der Waals surface area (Å²) in [5, 5.41) is 0. The fourth-order valence-electron chi connectivity index (χ4n) is 2.19. The van der Waals surface area contributed by atoms with Gasteiger partial charge in [0.2, 0.25) is 0 Å². The van der Waals surface area contributed by atoms with E-state index >= 15 is 0 Å². The van der Waals surface area contributed by atoms with Gasteiger partial charge >= 0.3 is 0 Å². The smallest absolute Gasteiger partial charge is 0.266 e. The average Bonchev–Trinajstić information content (AvgIpc) is 2.57. The molecule has 1 aliphatic heterocycles. The van der Waals surface area contributed by atoms with Gasteiger partial charge in [0.25, 0.3) is 5.56 Å². The van der Waals surface area contributed by atoms with Crippen LogP contribution in [-0.4, -0.2) is 28.4 Å². The van der Waals surface area contributed by atoms with Crippen molar-refractivity contribution in [1.82, 2.24) is 9.97 Å². The van der Waals surface area contributed by atoms with Gasteiger partial charge in [0.1, 0.15) is 9.39 Å². The minimum absolute atomic E-state index is 0.0758. The molecule has 94 valence electrons. The monoisotopic (exact) mass is 367 g/mol. The molecule has 6 heteroatoms. The highest BCUT2D eigenvalue weighted by molar-refractivity contribution is 14.1. The maximum atomic E-state index is 11.6. The van der Waals surface area contributed by atoms with Gasteiger partial charge in [-0.25, -0.2) is 4.98 Å². The number of aromatic amines is 1. The standard InChI is InChI=1S/C11H15ClIN3O/c12-6-8-4-2-1-3-5-16(8)10-9(13)11(17)15-7-14-10/h7-8H,1-6H2,(H,14,15,17). The second-order valence-corrected chi connectivity index (χ2v) is 5.61. The second kappa shape index (κ2) is 6.04. The lowest BCUT2D eigenvalue weighted by molar-refractivity contribution is 0.614. The quantitative estimate of drug-likeness (QED) is 0.645. The van der Waals surface area contributed by atoms with Crippen molar-refractivity contribution in [2.45, 2.75) is 31.7 Å². The number of rotatable bonds is 2. The van der Waals surface area contributed by atoms with Crippen molar-refractivity contribution in [3.05, 3.63) is 20.3 Å². The Labute approximate surface area is 119 Å². The molecule has 1 aliphatic rings. The maximum absolute atomic E-state index is 11.6. The Balaban J connectivity index is 2.35. The molecule has 0 aliphatic carbocycles. The minimum atomic E-state index is -0.0758. The number of aromatic nitrogens is 2. The summed E-state index contributed by atoms with van der Waals surface area (Å²) < 4.78 is 0.655. The highest BCUT2D eigenvalue weighted by Crippen LogP contribution is 2.25. The van der Waals surface area contributed by atoms with Crippen molar-refractivity contribution in [1.29, 1.82) is 0 Å². The predicted molar refractivity (Wildman–Crippen MR) is 77.9 cm³/mol. The van der Waals surface area contributed by atoms with Gasteiger partial charge in [-0.05, 0) is 35.4 Å². The molecular weight excluding hydrogens is 352 g/mol. The first-order valence-electron chi connectivity index (χ1n) is 5.80. The number of halogens is 2. The van der Waals surface area contributed by atoms with Crippen LogP contribution in [0, 0.1) is 3.57 Å². The molecule has 1 fully saturated rings. The Kier molecular flexibility index (Phi) is 4.67. The molecule has 2 heterocycles. The highest BCUT2D eigenvalue weighted by Gasteiger charge is 2.23. The van der Waals surface area contributed by atoms with E-state index in [-0.39, 0.29) is 5.56 Å². The molecular formula is C11H15ClIN3O. The van der Waals surface area contributed by atoms with E-state index in [4.69, 9.17) is 11.6 Å². The van der Waals surface area contributed by atoms with Crippen LogP contribution in [0.15, 0.2) is 11.1 Å². The normalized spacial score (nSPS) is 21.3. The summed E-state index contributed by atoms with van der Waals surface area (Å²) in [6.45, 7) is 0.934. The van der Waals surface area contributed by atoms with Crippen LogP contribution in [0.2, 0.25) is 0 Å². The van der Waals surface area contributed by atoms with E-state index < -0.39 is 0 Å². The molecule has 1 aromatic rings. The lowest BCUT2D eigenvalue weighted by atomic mass is 10.1. The van der Waals surface area contributed by atoms with Crippen LogP contribution >= 0.6 is 34.2 Å². The van der Waals surface area contributed by atoms with Crippen LogP contribution in [0.4, 0.5) is 5.82 Å². The second-order valence-electron chi connectivity index (χ2n) is 4.22. The first-order chi connectivity index (χ1) is 8.24. The third kappa shape index (κ3) is 2.93. The van der Waals surface area contributed by atoms with Crippen LogP contribution in [0.25, 0.3) is 0 Å². The summed E-state index contributed by atoms with van der Waals surface area (Å²) in [7, 11) is 0. The van der Waals surface area contributed by atoms with Crippen LogP contribution in [0.1, 0.15) is 25.7 Å². The number of H-pyrrole nitrogens is 1. The van der Waals surface area contributed by atoms with E-state index in [0.717, 1.165) is 25.2 Å². The molecule has 17 heavy (non-hydrogen) atoms. The van der Waals surface area contributed by atoms with E-state index in [9.17, 15) is 4.79 Å². The van der Waals surface area contributed by atoms with E-state index in [0.29, 0.717) is 15.5 Å². The minimum Gasteiger partial charge on any atom is -0.351 e. The van der Waals surface area contributed by atoms with E-state index in [1.54, 1.807) is 0 Å². The third-order valence-electron chi connectivity index (χ3n) is 3.11. The van der Waals surface area contributed by atoms with Crippen molar-refractivity contribution >= 4 is 40.0 Å². The lowest BCUT2D eigenvalue weighted by Crippen LogP contribution is -2.38. The summed E-state index contributed by atoms with van der Waals surface area (Å²) in [6.07, 6.45) is 6.11. The highest BCUT2D eigenvalue weighted by atomic mass is 127. The fraction of sp³-hybridized carbons (Fsp3) is 0.636. The number of hydrogen-bond acceptors (Lipinski definition) is 3. The molecule has 0 spiro atoms. The first-order valence-corrected chi connectivity index (χ1v) is 7.41. The Bertz CT molecular complexity index is 437. The number of anilines is 1. The molecule has 2 rings (SSSR count). The summed E-state index contributed by atoms with van der Waals surface area (Å²) in [4.78, 5) is 20.7. The van der Waals surface area contributed by atoms with Crippen molar-refractivity contribution in [2.24, 2.45) is 0 Å². The first kappa shape index (κ1) is 13.1. The number of nitrogens with zero attached hydrogens (tertiary/aromatic N) is 2. The van der Waals surface area contributed by atoms with Crippen molar-refractivity contribution in [2.75, 3.05) is 17.3 Å². The SMILES string of the molecule is O=c1[nH]cnc(N2CCCCCC2CCl)c1I. The zero-order valence-corrected chi connectivity index (χ0v) is 12.4. The van der Waals surface area contributed by atoms with Crippen LogP contribution in [0.5, 0.6) is 0 Å². The molecule has 1 saturated heterocycles. The molecule has 1 unspecified atom stereocenters. The zero-order chi connectivity index (χ0) is 12.3. The molecule has 1 N–H and O–H groups in total. The fourth-order valence-corrected chi connectivity index (χ4v) is 3.12. The topological polar surface area (TPSA) is 49.0 Å². The van der Waals surface area contributed by atoms with Gasteiger partial charge in [0, 0.05) is 18.5 Å². The summed E-state index contributed by atoms with van der Waals surface area (Å²) >= 11 is 8.09. The van der Waals surface area contributed by atoms with Crippen molar-refractivity contribution in [3.63, 3.8) is 0 Å². The zero-order valence-electron chi connectivity index (χ0n) is 9.46. The predicted octanol–water partition coefficient (Wildman–Crippen LogP) is 2.36. The average molecular weight is 368 g/mol. The third-order valence-corrected chi connectivity index (χ3v) is 4.43. The van der Waals surface area contributed by atoms with E-state index in [1.807, 2.05) is 0 Å². The summed E-state index contributed by atoms with van der Waals surface area (Å²) in [5.74, 6) is 1.37. The maximum Gasteiger partial charge on any atom is 0.266 e. The summed E-state index contributed by atoms with van der Waals surface area (Å²) in [5.41, 5.74) is -0.0758. The number of alkyl halides is 1. The van der Waals surface area contributed by atoms with Gasteiger partial charge in [0.05, 0.1) is 6.33 Å². The Morgan fingerprint density at radius 2 is 2.35 bits per heavy atom. The number of nitrogens with one attached hydrogen (secondary N) is 1. The summed E-state index contributed by atoms with van der Waals surface area (Å²) in [6, 6.07) is 0.294. The van der Waals surface area contributed by atoms with Gasteiger partial charge in [-0.2, -0.15) is 0 Å². The van der Waals surface area contributed by atoms with Crippen molar-refractivity contribution in [3.8, 4) is 0 Å². The Morgan fingerprint density at radius 1 is 1.53 bits per heavy atom. The molecule has 1 atom stereocenters. The number of hydrogen-bond donors (Lipinski definition) is 1. The molecule has 0 aromatic carbocycles. The van der Waals surface area contributed by atoms with Gasteiger partial charge < -0.3 is 9.88 Å². The van der Waals surface area contributed by atoms with Crippen LogP contribution < -0.4 is 10.5 Å². The molecule has 0 amide bonds. The van der Waals surface area contributed by atoms with Gasteiger partial charge in [-0.3, -0.25) is 4.79 Å². The van der Waals surface area contributed by atoms with Gasteiger partial charge in [-0.1, -0.05) is 12.8 Å².